The van der Waals surface area contributed by atoms with Gasteiger partial charge in [-0.3, -0.25) is 4.79 Å². The van der Waals surface area contributed by atoms with Gasteiger partial charge in [-0.15, -0.1) is 13.2 Å². The van der Waals surface area contributed by atoms with Gasteiger partial charge in [0.2, 0.25) is 0 Å². The van der Waals surface area contributed by atoms with Crippen molar-refractivity contribution in [1.29, 1.82) is 0 Å². The number of aryl methyl sites for hydroxylation is 3. The van der Waals surface area contributed by atoms with Crippen molar-refractivity contribution in [3.05, 3.63) is 64.7 Å². The number of aldehydes is 1. The number of hydrogen-bond donors (Lipinski definition) is 0. The lowest BCUT2D eigenvalue weighted by Crippen LogP contribution is -2.17. The Morgan fingerprint density at radius 1 is 1.05 bits per heavy atom. The summed E-state index contributed by atoms with van der Waals surface area (Å²) in [6, 6.07) is 11.9. The second-order valence-corrected chi connectivity index (χ2v) is 5.01. The van der Waals surface area contributed by atoms with Crippen LogP contribution in [0.5, 0.6) is 5.75 Å². The summed E-state index contributed by atoms with van der Waals surface area (Å²) in [5.74, 6) is -0.181. The number of carbonyl (C=O) groups is 1. The zero-order valence-corrected chi connectivity index (χ0v) is 12.0. The van der Waals surface area contributed by atoms with E-state index in [1.54, 1.807) is 31.2 Å². The minimum absolute atomic E-state index is 0.181. The van der Waals surface area contributed by atoms with Crippen LogP contribution in [0, 0.1) is 6.92 Å². The van der Waals surface area contributed by atoms with Crippen molar-refractivity contribution in [3.8, 4) is 5.75 Å². The van der Waals surface area contributed by atoms with E-state index in [0.29, 0.717) is 24.0 Å². The van der Waals surface area contributed by atoms with Gasteiger partial charge in [0, 0.05) is 5.56 Å². The Labute approximate surface area is 126 Å². The first-order valence-electron chi connectivity index (χ1n) is 6.77. The van der Waals surface area contributed by atoms with Gasteiger partial charge < -0.3 is 4.74 Å². The van der Waals surface area contributed by atoms with E-state index in [9.17, 15) is 18.0 Å². The number of carbonyl (C=O) groups excluding carboxylic acids is 1. The van der Waals surface area contributed by atoms with Gasteiger partial charge in [-0.2, -0.15) is 0 Å². The van der Waals surface area contributed by atoms with Gasteiger partial charge in [-0.05, 0) is 48.6 Å². The number of alkyl halides is 3. The van der Waals surface area contributed by atoms with Crippen molar-refractivity contribution in [2.45, 2.75) is 26.1 Å². The van der Waals surface area contributed by atoms with Gasteiger partial charge in [0.15, 0.2) is 0 Å². The van der Waals surface area contributed by atoms with Crippen LogP contribution in [0.15, 0.2) is 42.5 Å². The summed E-state index contributed by atoms with van der Waals surface area (Å²) in [5, 5.41) is 0. The number of ether oxygens (including phenoxy) is 1. The smallest absolute Gasteiger partial charge is 0.406 e. The number of rotatable bonds is 5. The minimum atomic E-state index is -4.68. The van der Waals surface area contributed by atoms with Crippen molar-refractivity contribution < 1.29 is 22.7 Å². The van der Waals surface area contributed by atoms with Gasteiger partial charge in [0.05, 0.1) is 0 Å². The molecule has 2 nitrogen and oxygen atoms in total. The van der Waals surface area contributed by atoms with Crippen LogP contribution in [0.1, 0.15) is 27.0 Å². The van der Waals surface area contributed by atoms with Crippen LogP contribution in [-0.2, 0) is 12.8 Å². The predicted octanol–water partition coefficient (Wildman–Crippen LogP) is 4.49. The molecular formula is C17H15F3O2. The van der Waals surface area contributed by atoms with Gasteiger partial charge in [-0.25, -0.2) is 0 Å². The van der Waals surface area contributed by atoms with Crippen molar-refractivity contribution in [2.24, 2.45) is 0 Å². The number of hydrogen-bond acceptors (Lipinski definition) is 2. The minimum Gasteiger partial charge on any atom is -0.406 e. The SMILES string of the molecule is Cc1cc(CCc2cccc(C=O)c2)ccc1OC(F)(F)F. The monoisotopic (exact) mass is 308 g/mol. The van der Waals surface area contributed by atoms with Crippen molar-refractivity contribution in [2.75, 3.05) is 0 Å². The Kier molecular flexibility index (Phi) is 4.85. The Hall–Kier alpha value is -2.30. The summed E-state index contributed by atoms with van der Waals surface area (Å²) < 4.78 is 40.6. The first kappa shape index (κ1) is 16.1. The molecule has 0 aliphatic carbocycles. The van der Waals surface area contributed by atoms with Crippen molar-refractivity contribution >= 4 is 6.29 Å². The summed E-state index contributed by atoms with van der Waals surface area (Å²) in [5.41, 5.74) is 2.99. The Balaban J connectivity index is 2.04. The summed E-state index contributed by atoms with van der Waals surface area (Å²) in [4.78, 5) is 10.7. The zero-order chi connectivity index (χ0) is 16.2. The molecule has 0 amide bonds. The van der Waals surface area contributed by atoms with Gasteiger partial charge in [-0.1, -0.05) is 30.3 Å². The molecule has 22 heavy (non-hydrogen) atoms. The summed E-state index contributed by atoms with van der Waals surface area (Å²) in [7, 11) is 0. The lowest BCUT2D eigenvalue weighted by Gasteiger charge is -2.12. The topological polar surface area (TPSA) is 26.3 Å². The van der Waals surface area contributed by atoms with Crippen LogP contribution < -0.4 is 4.74 Å². The molecule has 0 fully saturated rings. The van der Waals surface area contributed by atoms with Crippen LogP contribution in [-0.4, -0.2) is 12.6 Å². The molecule has 0 spiro atoms. The largest absolute Gasteiger partial charge is 0.573 e. The van der Waals surface area contributed by atoms with E-state index in [4.69, 9.17) is 0 Å². The normalized spacial score (nSPS) is 11.3. The second kappa shape index (κ2) is 6.64. The molecule has 2 aromatic rings. The number of benzene rings is 2. The Bertz CT molecular complexity index is 663. The molecule has 0 radical (unpaired) electrons. The average Bonchev–Trinajstić information content (AvgIpc) is 2.46. The van der Waals surface area contributed by atoms with Crippen LogP contribution in [0.25, 0.3) is 0 Å². The molecule has 0 atom stereocenters. The maximum absolute atomic E-state index is 12.2. The van der Waals surface area contributed by atoms with E-state index in [1.807, 2.05) is 12.1 Å². The molecule has 0 aliphatic rings. The molecule has 5 heteroatoms. The van der Waals surface area contributed by atoms with Crippen molar-refractivity contribution in [1.82, 2.24) is 0 Å². The fourth-order valence-electron chi connectivity index (χ4n) is 2.22. The lowest BCUT2D eigenvalue weighted by molar-refractivity contribution is -0.274. The van der Waals surface area contributed by atoms with Gasteiger partial charge in [0.1, 0.15) is 12.0 Å². The quantitative estimate of drug-likeness (QED) is 0.761. The molecule has 0 N–H and O–H groups in total. The standard InChI is InChI=1S/C17H15F3O2/c1-12-9-14(7-8-16(12)22-17(18,19)20)6-5-13-3-2-4-15(10-13)11-21/h2-4,7-11H,5-6H2,1H3. The summed E-state index contributed by atoms with van der Waals surface area (Å²) in [6.07, 6.45) is -2.51. The zero-order valence-electron chi connectivity index (χ0n) is 12.0. The summed E-state index contributed by atoms with van der Waals surface area (Å²) in [6.45, 7) is 1.58. The fourth-order valence-corrected chi connectivity index (χ4v) is 2.22. The van der Waals surface area contributed by atoms with Crippen LogP contribution in [0.4, 0.5) is 13.2 Å². The highest BCUT2D eigenvalue weighted by Gasteiger charge is 2.31. The van der Waals surface area contributed by atoms with Crippen LogP contribution in [0.3, 0.4) is 0 Å². The molecule has 0 saturated carbocycles. The maximum Gasteiger partial charge on any atom is 0.573 e. The Morgan fingerprint density at radius 2 is 1.73 bits per heavy atom. The molecule has 2 aromatic carbocycles. The third-order valence-electron chi connectivity index (χ3n) is 3.25. The predicted molar refractivity (Wildman–Crippen MR) is 77.1 cm³/mol. The first-order chi connectivity index (χ1) is 10.4. The van der Waals surface area contributed by atoms with E-state index in [2.05, 4.69) is 4.74 Å². The molecule has 0 saturated heterocycles. The number of halogens is 3. The summed E-state index contributed by atoms with van der Waals surface area (Å²) >= 11 is 0. The van der Waals surface area contributed by atoms with E-state index >= 15 is 0 Å². The molecule has 2 rings (SSSR count). The highest BCUT2D eigenvalue weighted by Crippen LogP contribution is 2.27. The molecule has 116 valence electrons. The Morgan fingerprint density at radius 3 is 2.32 bits per heavy atom. The third-order valence-corrected chi connectivity index (χ3v) is 3.25. The highest BCUT2D eigenvalue weighted by molar-refractivity contribution is 5.74. The second-order valence-electron chi connectivity index (χ2n) is 5.01. The third kappa shape index (κ3) is 4.62. The molecule has 0 unspecified atom stereocenters. The maximum atomic E-state index is 12.2. The fraction of sp³-hybridized carbons (Fsp3) is 0.235. The molecular weight excluding hydrogens is 293 g/mol. The van der Waals surface area contributed by atoms with Crippen LogP contribution in [0.2, 0.25) is 0 Å². The highest BCUT2D eigenvalue weighted by atomic mass is 19.4. The van der Waals surface area contributed by atoms with Gasteiger partial charge >= 0.3 is 6.36 Å². The van der Waals surface area contributed by atoms with Gasteiger partial charge in [0.25, 0.3) is 0 Å². The first-order valence-corrected chi connectivity index (χ1v) is 6.77. The lowest BCUT2D eigenvalue weighted by atomic mass is 10.0. The van der Waals surface area contributed by atoms with Crippen molar-refractivity contribution in [3.63, 3.8) is 0 Å². The van der Waals surface area contributed by atoms with E-state index in [0.717, 1.165) is 17.4 Å². The molecule has 0 bridgehead atoms. The molecule has 0 aliphatic heterocycles. The van der Waals surface area contributed by atoms with E-state index in [-0.39, 0.29) is 5.75 Å². The average molecular weight is 308 g/mol. The van der Waals surface area contributed by atoms with E-state index in [1.165, 1.54) is 6.07 Å². The molecule has 0 aromatic heterocycles. The van der Waals surface area contributed by atoms with Crippen LogP contribution >= 0.6 is 0 Å². The molecule has 0 heterocycles. The van der Waals surface area contributed by atoms with E-state index < -0.39 is 6.36 Å².